The summed E-state index contributed by atoms with van der Waals surface area (Å²) in [6.45, 7) is 4.33. The molecule has 4 rings (SSSR count). The van der Waals surface area contributed by atoms with E-state index >= 15 is 0 Å². The second-order valence-corrected chi connectivity index (χ2v) is 11.6. The van der Waals surface area contributed by atoms with Crippen molar-refractivity contribution in [2.75, 3.05) is 18.7 Å². The predicted molar refractivity (Wildman–Crippen MR) is 140 cm³/mol. The van der Waals surface area contributed by atoms with Crippen LogP contribution in [-0.4, -0.2) is 18.1 Å². The van der Waals surface area contributed by atoms with Gasteiger partial charge in [0, 0.05) is 34.6 Å². The van der Waals surface area contributed by atoms with Crippen molar-refractivity contribution < 1.29 is 23.5 Å². The minimum atomic E-state index is -3.51. The third-order valence-electron chi connectivity index (χ3n) is 5.86. The zero-order chi connectivity index (χ0) is 25.2. The smallest absolute Gasteiger partial charge is 0.368 e. The van der Waals surface area contributed by atoms with E-state index in [4.69, 9.17) is 42.7 Å². The maximum absolute atomic E-state index is 13.2. The molecule has 1 fully saturated rings. The number of benzene rings is 3. The summed E-state index contributed by atoms with van der Waals surface area (Å²) in [7, 11) is -3.51. The van der Waals surface area contributed by atoms with Crippen LogP contribution in [0, 0.1) is 0 Å². The molecule has 1 aliphatic heterocycles. The molecule has 3 N–H and O–H groups in total. The van der Waals surface area contributed by atoms with Gasteiger partial charge in [-0.3, -0.25) is 9.09 Å². The molecule has 0 amide bonds. The molecule has 0 bridgehead atoms. The molecule has 6 nitrogen and oxygen atoms in total. The standard InChI is InChI=1S/C26H28Cl2NO5P/c1-16(2)21-10-17(6-7-25(21)30)11-22-23(28)13-20(14-24(22)29)32-15-35(31)33-9-8-26(34-35)18-4-3-5-19(27)12-18/h3-7,10,12-14,16,26,30H,8-9,11,15,29H2,1-2H3/t26-,35+/m0/s1. The van der Waals surface area contributed by atoms with E-state index in [-0.39, 0.29) is 24.6 Å². The molecule has 2 atom stereocenters. The Labute approximate surface area is 215 Å². The van der Waals surface area contributed by atoms with Gasteiger partial charge in [-0.1, -0.05) is 61.3 Å². The van der Waals surface area contributed by atoms with Gasteiger partial charge in [0.25, 0.3) is 0 Å². The number of nitrogen functional groups attached to an aromatic ring is 1. The number of hydrogen-bond donors (Lipinski definition) is 2. The van der Waals surface area contributed by atoms with Gasteiger partial charge in [-0.25, -0.2) is 0 Å². The lowest BCUT2D eigenvalue weighted by molar-refractivity contribution is 0.0725. The number of phenolic OH excluding ortho intramolecular Hbond substituents is 1. The Morgan fingerprint density at radius 1 is 1.17 bits per heavy atom. The minimum Gasteiger partial charge on any atom is -0.508 e. The zero-order valence-corrected chi connectivity index (χ0v) is 21.9. The SMILES string of the molecule is CC(C)c1cc(Cc2c(N)cc(OC[P@@]3(=O)OCC[C@@H](c4cccc(Cl)c4)O3)cc2Cl)ccc1O. The Bertz CT molecular complexity index is 1240. The first-order valence-corrected chi connectivity index (χ1v) is 13.8. The summed E-state index contributed by atoms with van der Waals surface area (Å²) in [6.07, 6.45) is 0.397. The van der Waals surface area contributed by atoms with Gasteiger partial charge in [0.1, 0.15) is 11.5 Å². The molecule has 0 aliphatic carbocycles. The lowest BCUT2D eigenvalue weighted by Gasteiger charge is -2.30. The number of anilines is 1. The van der Waals surface area contributed by atoms with Gasteiger partial charge in [-0.2, -0.15) is 0 Å². The molecule has 3 aromatic rings. The number of ether oxygens (including phenoxy) is 1. The third kappa shape index (κ3) is 6.32. The first-order valence-electron chi connectivity index (χ1n) is 11.3. The number of rotatable bonds is 7. The fraction of sp³-hybridized carbons (Fsp3) is 0.308. The van der Waals surface area contributed by atoms with Gasteiger partial charge in [-0.15, -0.1) is 0 Å². The molecule has 186 valence electrons. The Hall–Kier alpha value is -2.21. The summed E-state index contributed by atoms with van der Waals surface area (Å²) >= 11 is 12.6. The van der Waals surface area contributed by atoms with Crippen LogP contribution < -0.4 is 10.5 Å². The lowest BCUT2D eigenvalue weighted by Crippen LogP contribution is -2.17. The van der Waals surface area contributed by atoms with Crippen molar-refractivity contribution in [3.63, 3.8) is 0 Å². The summed E-state index contributed by atoms with van der Waals surface area (Å²) in [6, 6.07) is 16.1. The van der Waals surface area contributed by atoms with E-state index in [1.807, 2.05) is 38.1 Å². The van der Waals surface area contributed by atoms with E-state index in [0.717, 1.165) is 22.3 Å². The van der Waals surface area contributed by atoms with Gasteiger partial charge >= 0.3 is 7.60 Å². The Balaban J connectivity index is 1.45. The van der Waals surface area contributed by atoms with E-state index in [1.54, 1.807) is 30.3 Å². The Kier molecular flexibility index (Phi) is 7.99. The monoisotopic (exact) mass is 535 g/mol. The van der Waals surface area contributed by atoms with E-state index in [0.29, 0.717) is 34.3 Å². The van der Waals surface area contributed by atoms with Gasteiger partial charge in [0.2, 0.25) is 0 Å². The first-order chi connectivity index (χ1) is 16.6. The molecular formula is C26H28Cl2NO5P. The number of nitrogens with two attached hydrogens (primary N) is 1. The van der Waals surface area contributed by atoms with E-state index in [9.17, 15) is 9.67 Å². The Morgan fingerprint density at radius 2 is 1.97 bits per heavy atom. The van der Waals surface area contributed by atoms with Crippen LogP contribution in [0.2, 0.25) is 10.0 Å². The zero-order valence-electron chi connectivity index (χ0n) is 19.5. The molecule has 0 saturated carbocycles. The van der Waals surface area contributed by atoms with Gasteiger partial charge in [0.15, 0.2) is 6.35 Å². The summed E-state index contributed by atoms with van der Waals surface area (Å²) < 4.78 is 30.2. The number of phenols is 1. The molecule has 0 aromatic heterocycles. The summed E-state index contributed by atoms with van der Waals surface area (Å²) in [5.41, 5.74) is 10.2. The number of hydrogen-bond acceptors (Lipinski definition) is 6. The maximum atomic E-state index is 13.2. The molecular weight excluding hydrogens is 508 g/mol. The second kappa shape index (κ2) is 10.8. The summed E-state index contributed by atoms with van der Waals surface area (Å²) in [5, 5.41) is 11.1. The molecule has 9 heteroatoms. The average molecular weight is 536 g/mol. The van der Waals surface area contributed by atoms with E-state index < -0.39 is 13.7 Å². The normalized spacial score (nSPS) is 20.2. The maximum Gasteiger partial charge on any atom is 0.368 e. The molecule has 0 unspecified atom stereocenters. The highest BCUT2D eigenvalue weighted by Gasteiger charge is 2.35. The third-order valence-corrected chi connectivity index (χ3v) is 8.03. The topological polar surface area (TPSA) is 91.0 Å². The van der Waals surface area contributed by atoms with Crippen LogP contribution in [-0.2, 0) is 20.0 Å². The lowest BCUT2D eigenvalue weighted by atomic mass is 9.96. The van der Waals surface area contributed by atoms with Crippen LogP contribution in [0.3, 0.4) is 0 Å². The van der Waals surface area contributed by atoms with Crippen molar-refractivity contribution >= 4 is 36.5 Å². The van der Waals surface area contributed by atoms with Gasteiger partial charge in [-0.05, 0) is 52.4 Å². The highest BCUT2D eigenvalue weighted by atomic mass is 35.5. The van der Waals surface area contributed by atoms with Crippen molar-refractivity contribution in [2.24, 2.45) is 0 Å². The fourth-order valence-corrected chi connectivity index (χ4v) is 6.00. The fourth-order valence-electron chi connectivity index (χ4n) is 4.01. The van der Waals surface area contributed by atoms with E-state index in [2.05, 4.69) is 0 Å². The van der Waals surface area contributed by atoms with Crippen molar-refractivity contribution in [2.45, 2.75) is 38.7 Å². The molecule has 35 heavy (non-hydrogen) atoms. The minimum absolute atomic E-state index is 0.184. The second-order valence-electron chi connectivity index (χ2n) is 8.85. The molecule has 0 spiro atoms. The molecule has 0 radical (unpaired) electrons. The van der Waals surface area contributed by atoms with Crippen molar-refractivity contribution in [3.05, 3.63) is 86.9 Å². The molecule has 1 heterocycles. The van der Waals surface area contributed by atoms with Gasteiger partial charge in [0.05, 0.1) is 12.7 Å². The Morgan fingerprint density at radius 3 is 2.69 bits per heavy atom. The van der Waals surface area contributed by atoms with Crippen LogP contribution >= 0.6 is 30.8 Å². The highest BCUT2D eigenvalue weighted by Crippen LogP contribution is 2.56. The van der Waals surface area contributed by atoms with Crippen LogP contribution in [0.5, 0.6) is 11.5 Å². The van der Waals surface area contributed by atoms with Crippen LogP contribution in [0.25, 0.3) is 0 Å². The highest BCUT2D eigenvalue weighted by molar-refractivity contribution is 7.53. The van der Waals surface area contributed by atoms with Crippen molar-refractivity contribution in [1.82, 2.24) is 0 Å². The van der Waals surface area contributed by atoms with Crippen LogP contribution in [0.15, 0.2) is 54.6 Å². The molecule has 3 aromatic carbocycles. The van der Waals surface area contributed by atoms with Crippen molar-refractivity contribution in [3.8, 4) is 11.5 Å². The van der Waals surface area contributed by atoms with E-state index in [1.165, 1.54) is 0 Å². The first kappa shape index (κ1) is 25.9. The molecule has 1 aliphatic rings. The quantitative estimate of drug-likeness (QED) is 0.238. The molecule has 1 saturated heterocycles. The van der Waals surface area contributed by atoms with Gasteiger partial charge < -0.3 is 20.1 Å². The van der Waals surface area contributed by atoms with Crippen LogP contribution in [0.4, 0.5) is 5.69 Å². The number of aromatic hydroxyl groups is 1. The number of halogens is 2. The average Bonchev–Trinajstić information content (AvgIpc) is 2.81. The summed E-state index contributed by atoms with van der Waals surface area (Å²) in [4.78, 5) is 0. The van der Waals surface area contributed by atoms with Crippen molar-refractivity contribution in [1.29, 1.82) is 0 Å². The van der Waals surface area contributed by atoms with Crippen LogP contribution in [0.1, 0.15) is 54.5 Å². The predicted octanol–water partition coefficient (Wildman–Crippen LogP) is 7.70. The largest absolute Gasteiger partial charge is 0.508 e. The summed E-state index contributed by atoms with van der Waals surface area (Å²) in [5.74, 6) is 0.826.